The maximum atomic E-state index is 14.0. The SMILES string of the molecule is CCOc1ccc(NC(=O)N2Cc3c(C)nn(-c4ccccc4)c3-n3cccc3[C@H]2c2ccc(Cl)cc2)cc1. The molecule has 3 heterocycles. The standard InChI is InChI=1S/C31H28ClN5O2/c1-3-39-26-17-15-24(16-18-26)33-31(38)36-20-27-21(2)34-37(25-8-5-4-6-9-25)30(27)35-19-7-10-28(35)29(36)22-11-13-23(32)14-12-22/h4-19,29H,3,20H2,1-2H3,(H,33,38)/t29-/m1/s1. The molecule has 2 amide bonds. The van der Waals surface area contributed by atoms with Gasteiger partial charge in [-0.1, -0.05) is 41.9 Å². The Morgan fingerprint density at radius 3 is 2.46 bits per heavy atom. The van der Waals surface area contributed by atoms with Crippen LogP contribution < -0.4 is 10.1 Å². The Bertz CT molecular complexity index is 1610. The van der Waals surface area contributed by atoms with E-state index in [1.54, 1.807) is 0 Å². The van der Waals surface area contributed by atoms with Crippen molar-refractivity contribution >= 4 is 23.3 Å². The molecular weight excluding hydrogens is 510 g/mol. The van der Waals surface area contributed by atoms with Gasteiger partial charge in [-0.25, -0.2) is 9.48 Å². The van der Waals surface area contributed by atoms with Crippen LogP contribution in [0.25, 0.3) is 11.5 Å². The Balaban J connectivity index is 1.48. The molecule has 0 saturated carbocycles. The van der Waals surface area contributed by atoms with Gasteiger partial charge in [0.2, 0.25) is 0 Å². The zero-order chi connectivity index (χ0) is 26.9. The highest BCUT2D eigenvalue weighted by molar-refractivity contribution is 6.30. The number of aryl methyl sites for hydroxylation is 1. The highest BCUT2D eigenvalue weighted by atomic mass is 35.5. The number of halogens is 1. The number of ether oxygens (including phenoxy) is 1. The van der Waals surface area contributed by atoms with Crippen LogP contribution in [0.5, 0.6) is 5.75 Å². The predicted molar refractivity (Wildman–Crippen MR) is 153 cm³/mol. The fourth-order valence-corrected chi connectivity index (χ4v) is 5.27. The van der Waals surface area contributed by atoms with Gasteiger partial charge in [-0.05, 0) is 80.1 Å². The molecule has 8 heteroatoms. The van der Waals surface area contributed by atoms with Crippen LogP contribution in [-0.2, 0) is 6.54 Å². The smallest absolute Gasteiger partial charge is 0.322 e. The maximum absolute atomic E-state index is 14.0. The normalized spacial score (nSPS) is 14.3. The number of amides is 2. The number of nitrogens with zero attached hydrogens (tertiary/aromatic N) is 4. The van der Waals surface area contributed by atoms with Gasteiger partial charge >= 0.3 is 6.03 Å². The highest BCUT2D eigenvalue weighted by Crippen LogP contribution is 2.39. The first kappa shape index (κ1) is 24.8. The van der Waals surface area contributed by atoms with Crippen molar-refractivity contribution in [3.05, 3.63) is 125 Å². The Morgan fingerprint density at radius 2 is 1.74 bits per heavy atom. The number of aromatic nitrogens is 3. The minimum absolute atomic E-state index is 0.216. The summed E-state index contributed by atoms with van der Waals surface area (Å²) in [7, 11) is 0. The lowest BCUT2D eigenvalue weighted by Crippen LogP contribution is -2.38. The largest absolute Gasteiger partial charge is 0.494 e. The van der Waals surface area contributed by atoms with Crippen molar-refractivity contribution in [2.24, 2.45) is 0 Å². The van der Waals surface area contributed by atoms with Gasteiger partial charge in [0.25, 0.3) is 0 Å². The zero-order valence-electron chi connectivity index (χ0n) is 21.7. The second kappa shape index (κ2) is 10.3. The number of carbonyl (C=O) groups is 1. The molecule has 1 atom stereocenters. The average Bonchev–Trinajstić information content (AvgIpc) is 3.51. The molecule has 0 aliphatic carbocycles. The molecule has 7 nitrogen and oxygen atoms in total. The average molecular weight is 538 g/mol. The Kier molecular flexibility index (Phi) is 6.59. The van der Waals surface area contributed by atoms with Crippen molar-refractivity contribution in [1.29, 1.82) is 0 Å². The summed E-state index contributed by atoms with van der Waals surface area (Å²) in [6, 6.07) is 28.6. The molecule has 0 spiro atoms. The number of benzene rings is 3. The van der Waals surface area contributed by atoms with E-state index in [0.717, 1.165) is 39.8 Å². The van der Waals surface area contributed by atoms with Crippen molar-refractivity contribution in [2.75, 3.05) is 11.9 Å². The molecule has 1 aliphatic heterocycles. The Labute approximate surface area is 232 Å². The molecule has 6 rings (SSSR count). The fourth-order valence-electron chi connectivity index (χ4n) is 5.14. The molecule has 2 aromatic heterocycles. The van der Waals surface area contributed by atoms with Crippen molar-refractivity contribution in [1.82, 2.24) is 19.2 Å². The summed E-state index contributed by atoms with van der Waals surface area (Å²) in [5.41, 5.74) is 5.41. The van der Waals surface area contributed by atoms with Gasteiger partial charge in [0.1, 0.15) is 11.6 Å². The minimum Gasteiger partial charge on any atom is -0.494 e. The first-order valence-corrected chi connectivity index (χ1v) is 13.3. The van der Waals surface area contributed by atoms with Crippen molar-refractivity contribution < 1.29 is 9.53 Å². The van der Waals surface area contributed by atoms with E-state index in [0.29, 0.717) is 23.9 Å². The Hall–Kier alpha value is -4.49. The number of rotatable bonds is 5. The summed E-state index contributed by atoms with van der Waals surface area (Å²) in [5.74, 6) is 1.68. The second-order valence-electron chi connectivity index (χ2n) is 9.41. The summed E-state index contributed by atoms with van der Waals surface area (Å²) in [6.45, 7) is 4.89. The van der Waals surface area contributed by atoms with Gasteiger partial charge in [0.05, 0.1) is 36.3 Å². The van der Waals surface area contributed by atoms with Crippen LogP contribution in [0.3, 0.4) is 0 Å². The van der Waals surface area contributed by atoms with Gasteiger partial charge in [-0.15, -0.1) is 0 Å². The lowest BCUT2D eigenvalue weighted by Gasteiger charge is -2.31. The number of fused-ring (bicyclic) bond motifs is 3. The minimum atomic E-state index is -0.365. The third kappa shape index (κ3) is 4.66. The predicted octanol–water partition coefficient (Wildman–Crippen LogP) is 7.16. The van der Waals surface area contributed by atoms with E-state index in [1.807, 2.05) is 115 Å². The molecule has 196 valence electrons. The molecule has 1 aliphatic rings. The number of nitrogens with one attached hydrogen (secondary N) is 1. The monoisotopic (exact) mass is 537 g/mol. The van der Waals surface area contributed by atoms with Crippen LogP contribution in [0.15, 0.2) is 97.2 Å². The molecule has 1 N–H and O–H groups in total. The number of hydrogen-bond donors (Lipinski definition) is 1. The van der Waals surface area contributed by atoms with Crippen molar-refractivity contribution in [3.63, 3.8) is 0 Å². The number of anilines is 1. The maximum Gasteiger partial charge on any atom is 0.322 e. The topological polar surface area (TPSA) is 64.3 Å². The van der Waals surface area contributed by atoms with Crippen LogP contribution in [0.4, 0.5) is 10.5 Å². The third-order valence-electron chi connectivity index (χ3n) is 6.95. The summed E-state index contributed by atoms with van der Waals surface area (Å²) in [5, 5.41) is 8.65. The summed E-state index contributed by atoms with van der Waals surface area (Å²) >= 11 is 6.25. The van der Waals surface area contributed by atoms with Crippen LogP contribution in [0.1, 0.15) is 35.5 Å². The van der Waals surface area contributed by atoms with Crippen LogP contribution in [0, 0.1) is 6.92 Å². The molecular formula is C31H28ClN5O2. The van der Waals surface area contributed by atoms with E-state index < -0.39 is 0 Å². The lowest BCUT2D eigenvalue weighted by molar-refractivity contribution is 0.194. The van der Waals surface area contributed by atoms with Crippen LogP contribution in [0.2, 0.25) is 5.02 Å². The summed E-state index contributed by atoms with van der Waals surface area (Å²) < 4.78 is 9.66. The van der Waals surface area contributed by atoms with Gasteiger partial charge in [-0.3, -0.25) is 0 Å². The van der Waals surface area contributed by atoms with Gasteiger partial charge in [0, 0.05) is 22.5 Å². The molecule has 5 aromatic rings. The highest BCUT2D eigenvalue weighted by Gasteiger charge is 2.36. The van der Waals surface area contributed by atoms with E-state index in [2.05, 4.69) is 16.0 Å². The van der Waals surface area contributed by atoms with E-state index in [-0.39, 0.29) is 12.1 Å². The Morgan fingerprint density at radius 1 is 1.00 bits per heavy atom. The lowest BCUT2D eigenvalue weighted by atomic mass is 10.0. The number of para-hydroxylation sites is 1. The van der Waals surface area contributed by atoms with Crippen molar-refractivity contribution in [2.45, 2.75) is 26.4 Å². The quantitative estimate of drug-likeness (QED) is 0.259. The van der Waals surface area contributed by atoms with Gasteiger partial charge in [0.15, 0.2) is 0 Å². The van der Waals surface area contributed by atoms with Gasteiger partial charge < -0.3 is 19.5 Å². The summed E-state index contributed by atoms with van der Waals surface area (Å²) in [4.78, 5) is 15.9. The molecule has 0 unspecified atom stereocenters. The molecule has 0 bridgehead atoms. The molecule has 3 aromatic carbocycles. The molecule has 0 saturated heterocycles. The number of hydrogen-bond acceptors (Lipinski definition) is 3. The van der Waals surface area contributed by atoms with E-state index in [4.69, 9.17) is 21.4 Å². The number of urea groups is 1. The van der Waals surface area contributed by atoms with Gasteiger partial charge in [-0.2, -0.15) is 5.10 Å². The van der Waals surface area contributed by atoms with E-state index in [9.17, 15) is 4.79 Å². The van der Waals surface area contributed by atoms with E-state index >= 15 is 0 Å². The first-order chi connectivity index (χ1) is 19.0. The number of carbonyl (C=O) groups excluding carboxylic acids is 1. The first-order valence-electron chi connectivity index (χ1n) is 12.9. The summed E-state index contributed by atoms with van der Waals surface area (Å²) in [6.07, 6.45) is 2.03. The third-order valence-corrected chi connectivity index (χ3v) is 7.20. The van der Waals surface area contributed by atoms with Crippen LogP contribution in [-0.4, -0.2) is 31.9 Å². The molecule has 0 radical (unpaired) electrons. The van der Waals surface area contributed by atoms with Crippen molar-refractivity contribution in [3.8, 4) is 17.3 Å². The molecule has 39 heavy (non-hydrogen) atoms. The van der Waals surface area contributed by atoms with E-state index in [1.165, 1.54) is 0 Å². The second-order valence-corrected chi connectivity index (χ2v) is 9.84. The molecule has 0 fully saturated rings. The van der Waals surface area contributed by atoms with Crippen LogP contribution >= 0.6 is 11.6 Å². The fraction of sp³-hybridized carbons (Fsp3) is 0.161. The zero-order valence-corrected chi connectivity index (χ0v) is 22.5.